The van der Waals surface area contributed by atoms with E-state index in [0.29, 0.717) is 20.5 Å². The molecule has 140 valence electrons. The first-order valence-electron chi connectivity index (χ1n) is 7.25. The molecule has 0 aliphatic carbocycles. The van der Waals surface area contributed by atoms with Gasteiger partial charge >= 0.3 is 6.18 Å². The van der Waals surface area contributed by atoms with E-state index in [0.717, 1.165) is 23.9 Å². The molecule has 27 heavy (non-hydrogen) atoms. The fourth-order valence-corrected chi connectivity index (χ4v) is 3.68. The number of halogens is 6. The van der Waals surface area contributed by atoms with Gasteiger partial charge in [0.05, 0.1) is 21.2 Å². The number of amides is 1. The van der Waals surface area contributed by atoms with Crippen molar-refractivity contribution in [2.45, 2.75) is 6.18 Å². The van der Waals surface area contributed by atoms with Crippen LogP contribution in [0, 0.1) is 0 Å². The largest absolute Gasteiger partial charge is 0.417 e. The second kappa shape index (κ2) is 7.75. The number of amidine groups is 1. The summed E-state index contributed by atoms with van der Waals surface area (Å²) in [4.78, 5) is 16.4. The standard InChI is InChI=1S/C17H8Cl3F3N2OS/c18-9-2-1-8(13(20)6-9)5-14-15(26)25-16(27-14)24-10-3-4-12(19)11(7-10)17(21,22)23/h1-7H,(H,24,25,26)/b14-5-. The molecule has 0 bridgehead atoms. The van der Waals surface area contributed by atoms with Gasteiger partial charge in [0, 0.05) is 10.0 Å². The average Bonchev–Trinajstić information content (AvgIpc) is 2.90. The van der Waals surface area contributed by atoms with Crippen molar-refractivity contribution >= 4 is 69.4 Å². The first-order chi connectivity index (χ1) is 12.6. The van der Waals surface area contributed by atoms with Crippen LogP contribution in [-0.2, 0) is 11.0 Å². The van der Waals surface area contributed by atoms with E-state index in [-0.39, 0.29) is 10.9 Å². The van der Waals surface area contributed by atoms with Crippen molar-refractivity contribution in [3.8, 4) is 0 Å². The van der Waals surface area contributed by atoms with Crippen molar-refractivity contribution in [3.63, 3.8) is 0 Å². The van der Waals surface area contributed by atoms with Crippen LogP contribution in [-0.4, -0.2) is 11.1 Å². The summed E-state index contributed by atoms with van der Waals surface area (Å²) in [5, 5.41) is 3.04. The molecule has 1 N–H and O–H groups in total. The first kappa shape index (κ1) is 20.1. The third-order valence-electron chi connectivity index (χ3n) is 3.39. The normalized spacial score (nSPS) is 17.6. The number of alkyl halides is 3. The number of hydrogen-bond acceptors (Lipinski definition) is 3. The molecule has 0 radical (unpaired) electrons. The van der Waals surface area contributed by atoms with Crippen LogP contribution in [0.4, 0.5) is 18.9 Å². The Morgan fingerprint density at radius 3 is 2.44 bits per heavy atom. The zero-order valence-electron chi connectivity index (χ0n) is 13.1. The number of rotatable bonds is 2. The maximum Gasteiger partial charge on any atom is 0.417 e. The maximum atomic E-state index is 12.9. The molecule has 2 aromatic rings. The fraction of sp³-hybridized carbons (Fsp3) is 0.0588. The molecule has 0 unspecified atom stereocenters. The number of carbonyl (C=O) groups excluding carboxylic acids is 1. The van der Waals surface area contributed by atoms with Crippen molar-refractivity contribution in [2.75, 3.05) is 0 Å². The van der Waals surface area contributed by atoms with Crippen LogP contribution in [0.3, 0.4) is 0 Å². The number of benzene rings is 2. The van der Waals surface area contributed by atoms with Crippen molar-refractivity contribution in [3.05, 3.63) is 67.5 Å². The van der Waals surface area contributed by atoms with Gasteiger partial charge in [0.1, 0.15) is 0 Å². The number of nitrogens with one attached hydrogen (secondary N) is 1. The number of thioether (sulfide) groups is 1. The summed E-state index contributed by atoms with van der Waals surface area (Å²) in [7, 11) is 0. The summed E-state index contributed by atoms with van der Waals surface area (Å²) >= 11 is 18.5. The molecular weight excluding hydrogens is 444 g/mol. The highest BCUT2D eigenvalue weighted by atomic mass is 35.5. The zero-order valence-corrected chi connectivity index (χ0v) is 16.2. The van der Waals surface area contributed by atoms with Gasteiger partial charge in [-0.15, -0.1) is 0 Å². The molecule has 1 aliphatic rings. The monoisotopic (exact) mass is 450 g/mol. The lowest BCUT2D eigenvalue weighted by atomic mass is 10.2. The predicted molar refractivity (Wildman–Crippen MR) is 104 cm³/mol. The quantitative estimate of drug-likeness (QED) is 0.526. The third-order valence-corrected chi connectivity index (χ3v) is 5.19. The summed E-state index contributed by atoms with van der Waals surface area (Å²) in [6.07, 6.45) is -3.06. The molecule has 0 aromatic heterocycles. The van der Waals surface area contributed by atoms with Crippen LogP contribution in [0.25, 0.3) is 6.08 Å². The van der Waals surface area contributed by atoms with Crippen LogP contribution in [0.2, 0.25) is 15.1 Å². The maximum absolute atomic E-state index is 12.9. The molecular formula is C17H8Cl3F3N2OS. The van der Waals surface area contributed by atoms with Gasteiger partial charge in [-0.1, -0.05) is 40.9 Å². The summed E-state index contributed by atoms with van der Waals surface area (Å²) in [5.74, 6) is -0.435. The number of carbonyl (C=O) groups is 1. The summed E-state index contributed by atoms with van der Waals surface area (Å²) < 4.78 is 38.8. The number of hydrogen-bond donors (Lipinski definition) is 1. The van der Waals surface area contributed by atoms with Gasteiger partial charge in [-0.25, -0.2) is 4.99 Å². The highest BCUT2D eigenvalue weighted by Crippen LogP contribution is 2.37. The minimum atomic E-state index is -4.60. The number of aliphatic imine (C=N–C) groups is 1. The minimum Gasteiger partial charge on any atom is -0.300 e. The van der Waals surface area contributed by atoms with Crippen LogP contribution in [0.15, 0.2) is 46.3 Å². The third kappa shape index (κ3) is 4.79. The van der Waals surface area contributed by atoms with E-state index in [2.05, 4.69) is 10.3 Å². The molecule has 1 aliphatic heterocycles. The number of nitrogens with zero attached hydrogens (tertiary/aromatic N) is 1. The highest BCUT2D eigenvalue weighted by molar-refractivity contribution is 8.18. The van der Waals surface area contributed by atoms with E-state index in [9.17, 15) is 18.0 Å². The molecule has 0 spiro atoms. The average molecular weight is 452 g/mol. The Bertz CT molecular complexity index is 990. The topological polar surface area (TPSA) is 41.5 Å². The lowest BCUT2D eigenvalue weighted by molar-refractivity contribution is -0.137. The zero-order chi connectivity index (χ0) is 19.8. The fourth-order valence-electron chi connectivity index (χ4n) is 2.16. The molecule has 0 atom stereocenters. The Balaban J connectivity index is 1.88. The molecule has 3 rings (SSSR count). The van der Waals surface area contributed by atoms with E-state index in [4.69, 9.17) is 34.8 Å². The lowest BCUT2D eigenvalue weighted by Crippen LogP contribution is -2.19. The summed E-state index contributed by atoms with van der Waals surface area (Å²) in [6.45, 7) is 0. The molecule has 1 fully saturated rings. The second-order valence-electron chi connectivity index (χ2n) is 5.31. The van der Waals surface area contributed by atoms with Crippen LogP contribution < -0.4 is 5.32 Å². The van der Waals surface area contributed by atoms with Gasteiger partial charge in [0.25, 0.3) is 5.91 Å². The Labute approximate surface area is 171 Å². The van der Waals surface area contributed by atoms with Crippen molar-refractivity contribution in [2.24, 2.45) is 4.99 Å². The molecule has 1 heterocycles. The van der Waals surface area contributed by atoms with Gasteiger partial charge in [-0.05, 0) is 53.7 Å². The highest BCUT2D eigenvalue weighted by Gasteiger charge is 2.33. The van der Waals surface area contributed by atoms with Crippen LogP contribution >= 0.6 is 46.6 Å². The molecule has 3 nitrogen and oxygen atoms in total. The van der Waals surface area contributed by atoms with Crippen molar-refractivity contribution in [1.29, 1.82) is 0 Å². The summed E-state index contributed by atoms with van der Waals surface area (Å²) in [6, 6.07) is 8.06. The van der Waals surface area contributed by atoms with Gasteiger partial charge in [-0.2, -0.15) is 13.2 Å². The van der Waals surface area contributed by atoms with Crippen LogP contribution in [0.5, 0.6) is 0 Å². The molecule has 1 saturated heterocycles. The Kier molecular flexibility index (Phi) is 5.76. The smallest absolute Gasteiger partial charge is 0.300 e. The minimum absolute atomic E-state index is 0.0142. The molecule has 1 amide bonds. The van der Waals surface area contributed by atoms with Gasteiger partial charge in [-0.3, -0.25) is 4.79 Å². The molecule has 0 saturated carbocycles. The Morgan fingerprint density at radius 1 is 1.04 bits per heavy atom. The van der Waals surface area contributed by atoms with Gasteiger partial charge < -0.3 is 5.32 Å². The van der Waals surface area contributed by atoms with E-state index in [1.54, 1.807) is 18.2 Å². The van der Waals surface area contributed by atoms with Crippen molar-refractivity contribution in [1.82, 2.24) is 5.32 Å². The van der Waals surface area contributed by atoms with E-state index < -0.39 is 22.7 Å². The Hall–Kier alpha value is -1.67. The van der Waals surface area contributed by atoms with E-state index in [1.165, 1.54) is 12.1 Å². The van der Waals surface area contributed by atoms with Crippen LogP contribution in [0.1, 0.15) is 11.1 Å². The second-order valence-corrected chi connectivity index (χ2v) is 7.59. The van der Waals surface area contributed by atoms with E-state index >= 15 is 0 Å². The van der Waals surface area contributed by atoms with Crippen molar-refractivity contribution < 1.29 is 18.0 Å². The van der Waals surface area contributed by atoms with E-state index in [1.807, 2.05) is 0 Å². The predicted octanol–water partition coefficient (Wildman–Crippen LogP) is 6.56. The summed E-state index contributed by atoms with van der Waals surface area (Å²) in [5.41, 5.74) is -0.407. The SMILES string of the molecule is O=C1NC(=Nc2ccc(Cl)c(C(F)(F)F)c2)S/C1=C\c1ccc(Cl)cc1Cl. The lowest BCUT2D eigenvalue weighted by Gasteiger charge is -2.09. The van der Waals surface area contributed by atoms with Gasteiger partial charge in [0.2, 0.25) is 0 Å². The first-order valence-corrected chi connectivity index (χ1v) is 9.20. The Morgan fingerprint density at radius 2 is 1.78 bits per heavy atom. The molecule has 10 heteroatoms. The van der Waals surface area contributed by atoms with Gasteiger partial charge in [0.15, 0.2) is 5.17 Å². The molecule has 2 aromatic carbocycles.